The van der Waals surface area contributed by atoms with E-state index in [2.05, 4.69) is 25.0 Å². The van der Waals surface area contributed by atoms with Crippen molar-refractivity contribution in [3.8, 4) is 0 Å². The Labute approximate surface area is 141 Å². The van der Waals surface area contributed by atoms with Crippen molar-refractivity contribution in [1.82, 2.24) is 19.4 Å². The van der Waals surface area contributed by atoms with Crippen LogP contribution in [0.2, 0.25) is 0 Å². The van der Waals surface area contributed by atoms with Crippen LogP contribution in [0.1, 0.15) is 18.5 Å². The topological polar surface area (TPSA) is 101 Å². The smallest absolute Gasteiger partial charge is 0.367 e. The maximum Gasteiger partial charge on any atom is 0.433 e. The summed E-state index contributed by atoms with van der Waals surface area (Å²) in [5.41, 5.74) is -1.03. The van der Waals surface area contributed by atoms with Gasteiger partial charge in [-0.2, -0.15) is 17.5 Å². The highest BCUT2D eigenvalue weighted by Crippen LogP contribution is 2.29. The summed E-state index contributed by atoms with van der Waals surface area (Å²) >= 11 is 0. The highest BCUT2D eigenvalue weighted by Gasteiger charge is 2.34. The van der Waals surface area contributed by atoms with Crippen molar-refractivity contribution in [3.63, 3.8) is 0 Å². The largest absolute Gasteiger partial charge is 0.433 e. The second-order valence-electron chi connectivity index (χ2n) is 5.47. The molecule has 136 valence electrons. The van der Waals surface area contributed by atoms with E-state index in [1.54, 1.807) is 0 Å². The van der Waals surface area contributed by atoms with Crippen LogP contribution in [0.15, 0.2) is 34.3 Å². The molecule has 1 fully saturated rings. The Bertz CT molecular complexity index is 818. The molecule has 0 aliphatic carbocycles. The molecule has 0 radical (unpaired) electrons. The average Bonchev–Trinajstić information content (AvgIpc) is 3.10. The van der Waals surface area contributed by atoms with E-state index in [1.807, 2.05) is 0 Å². The lowest BCUT2D eigenvalue weighted by Gasteiger charge is -2.31. The number of nitrogens with zero attached hydrogens (tertiary/aromatic N) is 4. The molecule has 25 heavy (non-hydrogen) atoms. The summed E-state index contributed by atoms with van der Waals surface area (Å²) in [5, 5.41) is 6.28. The zero-order chi connectivity index (χ0) is 18.1. The Kier molecular flexibility index (Phi) is 4.64. The molecule has 8 nitrogen and oxygen atoms in total. The Hall–Kier alpha value is -2.21. The molecule has 12 heteroatoms. The summed E-state index contributed by atoms with van der Waals surface area (Å²) in [6.45, 7) is 0.449. The van der Waals surface area contributed by atoms with E-state index in [1.165, 1.54) is 4.31 Å². The average molecular weight is 377 g/mol. The van der Waals surface area contributed by atoms with Crippen molar-refractivity contribution in [2.75, 3.05) is 18.4 Å². The van der Waals surface area contributed by atoms with Crippen LogP contribution in [0.4, 0.5) is 19.0 Å². The molecule has 0 atom stereocenters. The molecule has 1 aliphatic rings. The zero-order valence-electron chi connectivity index (χ0n) is 12.8. The zero-order valence-corrected chi connectivity index (χ0v) is 13.6. The molecule has 0 saturated carbocycles. The number of rotatable bonds is 4. The predicted octanol–water partition coefficient (Wildman–Crippen LogP) is 1.75. The van der Waals surface area contributed by atoms with Crippen LogP contribution < -0.4 is 5.32 Å². The standard InChI is InChI=1S/C13H14F3N5O3S/c14-13(15,16)11-5-12(18-8-17-11)20-9-1-3-21(4-2-9)25(22,23)10-6-19-24-7-10/h5-9H,1-4H2,(H,17,18,20). The van der Waals surface area contributed by atoms with Gasteiger partial charge in [0.05, 0.1) is 6.20 Å². The van der Waals surface area contributed by atoms with E-state index >= 15 is 0 Å². The fraction of sp³-hybridized carbons (Fsp3) is 0.462. The monoisotopic (exact) mass is 377 g/mol. The van der Waals surface area contributed by atoms with Crippen molar-refractivity contribution >= 4 is 15.8 Å². The normalized spacial score (nSPS) is 17.6. The highest BCUT2D eigenvalue weighted by atomic mass is 32.2. The molecule has 2 aromatic rings. The van der Waals surface area contributed by atoms with E-state index < -0.39 is 21.9 Å². The number of anilines is 1. The van der Waals surface area contributed by atoms with Crippen LogP contribution in [0, 0.1) is 0 Å². The van der Waals surface area contributed by atoms with Gasteiger partial charge in [-0.1, -0.05) is 5.16 Å². The first-order valence-corrected chi connectivity index (χ1v) is 8.76. The SMILES string of the molecule is O=S(=O)(c1cnoc1)N1CCC(Nc2cc(C(F)(F)F)ncn2)CC1. The van der Waals surface area contributed by atoms with E-state index in [4.69, 9.17) is 0 Å². The molecule has 0 bridgehead atoms. The molecule has 1 aliphatic heterocycles. The lowest BCUT2D eigenvalue weighted by atomic mass is 10.1. The van der Waals surface area contributed by atoms with Gasteiger partial charge >= 0.3 is 6.18 Å². The number of alkyl halides is 3. The number of hydrogen-bond acceptors (Lipinski definition) is 7. The van der Waals surface area contributed by atoms with Crippen molar-refractivity contribution in [1.29, 1.82) is 0 Å². The number of aromatic nitrogens is 3. The first-order valence-electron chi connectivity index (χ1n) is 7.32. The lowest BCUT2D eigenvalue weighted by molar-refractivity contribution is -0.141. The molecule has 0 unspecified atom stereocenters. The quantitative estimate of drug-likeness (QED) is 0.866. The summed E-state index contributed by atoms with van der Waals surface area (Å²) in [5.74, 6) is 0.0580. The van der Waals surface area contributed by atoms with Gasteiger partial charge in [0.25, 0.3) is 0 Å². The minimum Gasteiger partial charge on any atom is -0.367 e. The number of hydrogen-bond donors (Lipinski definition) is 1. The van der Waals surface area contributed by atoms with E-state index in [0.717, 1.165) is 24.9 Å². The van der Waals surface area contributed by atoms with Crippen LogP contribution in [0.25, 0.3) is 0 Å². The van der Waals surface area contributed by atoms with Gasteiger partial charge in [0.1, 0.15) is 29.0 Å². The van der Waals surface area contributed by atoms with Gasteiger partial charge in [0.15, 0.2) is 0 Å². The van der Waals surface area contributed by atoms with Gasteiger partial charge in [-0.25, -0.2) is 18.4 Å². The number of sulfonamides is 1. The molecule has 1 saturated heterocycles. The summed E-state index contributed by atoms with van der Waals surface area (Å²) in [4.78, 5) is 6.96. The third-order valence-corrected chi connectivity index (χ3v) is 5.65. The Morgan fingerprint density at radius 1 is 1.24 bits per heavy atom. The molecule has 0 amide bonds. The van der Waals surface area contributed by atoms with Gasteiger partial charge in [-0.3, -0.25) is 0 Å². The molecular weight excluding hydrogens is 363 g/mol. The summed E-state index contributed by atoms with van der Waals surface area (Å²) < 4.78 is 68.5. The Morgan fingerprint density at radius 3 is 2.56 bits per heavy atom. The molecule has 0 spiro atoms. The van der Waals surface area contributed by atoms with E-state index in [-0.39, 0.29) is 29.8 Å². The van der Waals surface area contributed by atoms with Gasteiger partial charge in [0.2, 0.25) is 10.0 Å². The van der Waals surface area contributed by atoms with Crippen molar-refractivity contribution in [2.45, 2.75) is 30.0 Å². The van der Waals surface area contributed by atoms with Gasteiger partial charge < -0.3 is 9.84 Å². The number of nitrogens with one attached hydrogen (secondary N) is 1. The second-order valence-corrected chi connectivity index (χ2v) is 7.41. The third kappa shape index (κ3) is 3.90. The minimum absolute atomic E-state index is 0.0236. The molecule has 2 aromatic heterocycles. The Morgan fingerprint density at radius 2 is 1.96 bits per heavy atom. The molecule has 3 heterocycles. The summed E-state index contributed by atoms with van der Waals surface area (Å²) in [6.07, 6.45) is -0.670. The first-order chi connectivity index (χ1) is 11.8. The predicted molar refractivity (Wildman–Crippen MR) is 78.9 cm³/mol. The lowest BCUT2D eigenvalue weighted by Crippen LogP contribution is -2.42. The Balaban J connectivity index is 1.62. The summed E-state index contributed by atoms with van der Waals surface area (Å²) in [6, 6.07) is 0.644. The van der Waals surface area contributed by atoms with E-state index in [9.17, 15) is 21.6 Å². The fourth-order valence-electron chi connectivity index (χ4n) is 2.51. The van der Waals surface area contributed by atoms with Crippen LogP contribution in [-0.4, -0.2) is 47.0 Å². The number of piperidine rings is 1. The van der Waals surface area contributed by atoms with Crippen molar-refractivity contribution < 1.29 is 26.1 Å². The maximum atomic E-state index is 12.7. The van der Waals surface area contributed by atoms with Crippen LogP contribution in [0.3, 0.4) is 0 Å². The molecule has 1 N–H and O–H groups in total. The molecule has 3 rings (SSSR count). The van der Waals surface area contributed by atoms with Crippen LogP contribution in [0.5, 0.6) is 0 Å². The number of halogens is 3. The summed E-state index contributed by atoms with van der Waals surface area (Å²) in [7, 11) is -3.67. The maximum absolute atomic E-state index is 12.7. The van der Waals surface area contributed by atoms with Gasteiger partial charge in [0, 0.05) is 25.2 Å². The second kappa shape index (κ2) is 6.59. The minimum atomic E-state index is -4.55. The van der Waals surface area contributed by atoms with Crippen molar-refractivity contribution in [3.05, 3.63) is 30.5 Å². The fourth-order valence-corrected chi connectivity index (χ4v) is 3.84. The van der Waals surface area contributed by atoms with Gasteiger partial charge in [-0.05, 0) is 12.8 Å². The van der Waals surface area contributed by atoms with E-state index in [0.29, 0.717) is 12.8 Å². The molecule has 0 aromatic carbocycles. The first kappa shape index (κ1) is 17.6. The molecular formula is C13H14F3N5O3S. The van der Waals surface area contributed by atoms with Gasteiger partial charge in [-0.15, -0.1) is 0 Å². The van der Waals surface area contributed by atoms with Crippen LogP contribution in [-0.2, 0) is 16.2 Å². The van der Waals surface area contributed by atoms with Crippen LogP contribution >= 0.6 is 0 Å². The highest BCUT2D eigenvalue weighted by molar-refractivity contribution is 7.89. The van der Waals surface area contributed by atoms with Crippen molar-refractivity contribution in [2.24, 2.45) is 0 Å². The third-order valence-electron chi connectivity index (χ3n) is 3.81.